The first-order chi connectivity index (χ1) is 10.1. The molecule has 2 rings (SSSR count). The quantitative estimate of drug-likeness (QED) is 0.857. The second-order valence-electron chi connectivity index (χ2n) is 5.46. The van der Waals surface area contributed by atoms with E-state index < -0.39 is 6.10 Å². The molecule has 0 saturated carbocycles. The van der Waals surface area contributed by atoms with Crippen LogP contribution in [0.25, 0.3) is 0 Å². The van der Waals surface area contributed by atoms with Crippen molar-refractivity contribution >= 4 is 11.8 Å². The Morgan fingerprint density at radius 3 is 2.76 bits per heavy atom. The number of carbonyl (C=O) groups is 2. The Hall–Kier alpha value is -1.88. The number of nitrogens with one attached hydrogen (secondary N) is 1. The summed E-state index contributed by atoms with van der Waals surface area (Å²) in [4.78, 5) is 24.8. The molecule has 1 aromatic rings. The van der Waals surface area contributed by atoms with E-state index in [9.17, 15) is 14.7 Å². The Balaban J connectivity index is 1.92. The minimum absolute atomic E-state index is 0.0350. The minimum Gasteiger partial charge on any atom is -0.388 e. The Labute approximate surface area is 125 Å². The summed E-state index contributed by atoms with van der Waals surface area (Å²) in [5, 5.41) is 12.8. The number of carbonyl (C=O) groups excluding carboxylic acids is 2. The summed E-state index contributed by atoms with van der Waals surface area (Å²) in [7, 11) is 0. The maximum Gasteiger partial charge on any atom is 0.242 e. The van der Waals surface area contributed by atoms with E-state index in [-0.39, 0.29) is 24.4 Å². The number of amides is 2. The molecule has 1 saturated heterocycles. The molecule has 2 unspecified atom stereocenters. The molecule has 114 valence electrons. The first-order valence-electron chi connectivity index (χ1n) is 7.35. The average Bonchev–Trinajstić information content (AvgIpc) is 2.93. The fourth-order valence-electron chi connectivity index (χ4n) is 2.78. The molecule has 1 aliphatic rings. The number of hydrogen-bond acceptors (Lipinski definition) is 3. The molecular weight excluding hydrogens is 268 g/mol. The molecule has 0 aromatic heterocycles. The minimum atomic E-state index is -0.564. The van der Waals surface area contributed by atoms with Gasteiger partial charge in [-0.2, -0.15) is 0 Å². The van der Waals surface area contributed by atoms with Gasteiger partial charge in [-0.05, 0) is 24.8 Å². The highest BCUT2D eigenvalue weighted by molar-refractivity contribution is 5.84. The van der Waals surface area contributed by atoms with Gasteiger partial charge in [-0.1, -0.05) is 30.3 Å². The van der Waals surface area contributed by atoms with Crippen LogP contribution in [-0.2, 0) is 9.59 Å². The summed E-state index contributed by atoms with van der Waals surface area (Å²) in [5.41, 5.74) is 0.874. The molecule has 0 aliphatic carbocycles. The van der Waals surface area contributed by atoms with Crippen LogP contribution in [0, 0.1) is 0 Å². The van der Waals surface area contributed by atoms with Crippen LogP contribution in [0.5, 0.6) is 0 Å². The topological polar surface area (TPSA) is 69.6 Å². The molecule has 2 N–H and O–H groups in total. The van der Waals surface area contributed by atoms with Crippen LogP contribution in [0.3, 0.4) is 0 Å². The maximum absolute atomic E-state index is 12.1. The number of rotatable bonds is 5. The third-order valence-electron chi connectivity index (χ3n) is 3.87. The van der Waals surface area contributed by atoms with E-state index in [4.69, 9.17) is 0 Å². The first kappa shape index (κ1) is 15.5. The Morgan fingerprint density at radius 2 is 2.10 bits per heavy atom. The smallest absolute Gasteiger partial charge is 0.242 e. The van der Waals surface area contributed by atoms with Gasteiger partial charge in [0.05, 0.1) is 12.6 Å². The predicted octanol–water partition coefficient (Wildman–Crippen LogP) is 1.24. The van der Waals surface area contributed by atoms with Gasteiger partial charge in [-0.15, -0.1) is 0 Å². The number of aliphatic hydroxyl groups is 1. The van der Waals surface area contributed by atoms with E-state index in [0.29, 0.717) is 13.0 Å². The van der Waals surface area contributed by atoms with Crippen molar-refractivity contribution in [3.8, 4) is 0 Å². The highest BCUT2D eigenvalue weighted by Gasteiger charge is 2.30. The monoisotopic (exact) mass is 290 g/mol. The van der Waals surface area contributed by atoms with Crippen molar-refractivity contribution in [1.82, 2.24) is 10.2 Å². The molecule has 1 heterocycles. The van der Waals surface area contributed by atoms with Crippen LogP contribution < -0.4 is 5.32 Å². The Kier molecular flexibility index (Phi) is 5.33. The van der Waals surface area contributed by atoms with Crippen LogP contribution in [-0.4, -0.2) is 41.0 Å². The number of benzene rings is 1. The molecule has 21 heavy (non-hydrogen) atoms. The largest absolute Gasteiger partial charge is 0.388 e. The lowest BCUT2D eigenvalue weighted by molar-refractivity contribution is -0.133. The molecule has 1 aromatic carbocycles. The summed E-state index contributed by atoms with van der Waals surface area (Å²) in [6, 6.07) is 9.53. The predicted molar refractivity (Wildman–Crippen MR) is 79.4 cm³/mol. The SMILES string of the molecule is CC(=O)NCC(=O)N1CCCC1CC(O)c1ccccc1. The summed E-state index contributed by atoms with van der Waals surface area (Å²) in [5.74, 6) is -0.281. The Bertz CT molecular complexity index is 490. The van der Waals surface area contributed by atoms with Crippen molar-refractivity contribution in [1.29, 1.82) is 0 Å². The van der Waals surface area contributed by atoms with Gasteiger partial charge in [0, 0.05) is 19.5 Å². The van der Waals surface area contributed by atoms with Gasteiger partial charge in [-0.3, -0.25) is 9.59 Å². The zero-order valence-electron chi connectivity index (χ0n) is 12.3. The van der Waals surface area contributed by atoms with E-state index >= 15 is 0 Å². The van der Waals surface area contributed by atoms with E-state index in [2.05, 4.69) is 5.32 Å². The standard InChI is InChI=1S/C16H22N2O3/c1-12(19)17-11-16(21)18-9-5-8-14(18)10-15(20)13-6-3-2-4-7-13/h2-4,6-7,14-15,20H,5,8-11H2,1H3,(H,17,19). The molecule has 0 spiro atoms. The second kappa shape index (κ2) is 7.22. The van der Waals surface area contributed by atoms with Gasteiger partial charge in [0.15, 0.2) is 0 Å². The van der Waals surface area contributed by atoms with Crippen LogP contribution in [0.1, 0.15) is 37.9 Å². The van der Waals surface area contributed by atoms with Gasteiger partial charge in [-0.25, -0.2) is 0 Å². The second-order valence-corrected chi connectivity index (χ2v) is 5.46. The van der Waals surface area contributed by atoms with Crippen molar-refractivity contribution in [2.45, 2.75) is 38.3 Å². The fourth-order valence-corrected chi connectivity index (χ4v) is 2.78. The summed E-state index contributed by atoms with van der Waals surface area (Å²) < 4.78 is 0. The lowest BCUT2D eigenvalue weighted by Crippen LogP contribution is -2.42. The van der Waals surface area contributed by atoms with Crippen LogP contribution >= 0.6 is 0 Å². The molecule has 5 nitrogen and oxygen atoms in total. The van der Waals surface area contributed by atoms with Crippen molar-refractivity contribution in [2.24, 2.45) is 0 Å². The van der Waals surface area contributed by atoms with Crippen molar-refractivity contribution in [2.75, 3.05) is 13.1 Å². The third kappa shape index (κ3) is 4.29. The average molecular weight is 290 g/mol. The molecule has 1 fully saturated rings. The molecule has 0 bridgehead atoms. The van der Waals surface area contributed by atoms with Crippen LogP contribution in [0.15, 0.2) is 30.3 Å². The first-order valence-corrected chi connectivity index (χ1v) is 7.35. The molecule has 0 radical (unpaired) electrons. The highest BCUT2D eigenvalue weighted by Crippen LogP contribution is 2.27. The summed E-state index contributed by atoms with van der Waals surface area (Å²) >= 11 is 0. The normalized spacial score (nSPS) is 19.3. The number of likely N-dealkylation sites (tertiary alicyclic amines) is 1. The van der Waals surface area contributed by atoms with Gasteiger partial charge in [0.1, 0.15) is 0 Å². The zero-order valence-corrected chi connectivity index (χ0v) is 12.3. The Morgan fingerprint density at radius 1 is 1.38 bits per heavy atom. The lowest BCUT2D eigenvalue weighted by atomic mass is 10.0. The van der Waals surface area contributed by atoms with E-state index in [1.807, 2.05) is 30.3 Å². The van der Waals surface area contributed by atoms with Crippen molar-refractivity contribution in [3.05, 3.63) is 35.9 Å². The zero-order chi connectivity index (χ0) is 15.2. The van der Waals surface area contributed by atoms with Crippen molar-refractivity contribution in [3.63, 3.8) is 0 Å². The highest BCUT2D eigenvalue weighted by atomic mass is 16.3. The van der Waals surface area contributed by atoms with Crippen LogP contribution in [0.4, 0.5) is 0 Å². The summed E-state index contributed by atoms with van der Waals surface area (Å²) in [6.07, 6.45) is 1.81. The van der Waals surface area contributed by atoms with Gasteiger partial charge in [0.25, 0.3) is 0 Å². The molecule has 5 heteroatoms. The van der Waals surface area contributed by atoms with Gasteiger partial charge in [0.2, 0.25) is 11.8 Å². The van der Waals surface area contributed by atoms with E-state index in [1.165, 1.54) is 6.92 Å². The van der Waals surface area contributed by atoms with Gasteiger partial charge < -0.3 is 15.3 Å². The molecule has 2 atom stereocenters. The van der Waals surface area contributed by atoms with Crippen molar-refractivity contribution < 1.29 is 14.7 Å². The molecular formula is C16H22N2O3. The summed E-state index contributed by atoms with van der Waals surface area (Å²) in [6.45, 7) is 2.13. The molecule has 2 amide bonds. The van der Waals surface area contributed by atoms with E-state index in [0.717, 1.165) is 18.4 Å². The number of aliphatic hydroxyl groups excluding tert-OH is 1. The van der Waals surface area contributed by atoms with E-state index in [1.54, 1.807) is 4.90 Å². The lowest BCUT2D eigenvalue weighted by Gasteiger charge is -2.26. The fraction of sp³-hybridized carbons (Fsp3) is 0.500. The van der Waals surface area contributed by atoms with Crippen LogP contribution in [0.2, 0.25) is 0 Å². The number of hydrogen-bond donors (Lipinski definition) is 2. The maximum atomic E-state index is 12.1. The number of nitrogens with zero attached hydrogens (tertiary/aromatic N) is 1. The van der Waals surface area contributed by atoms with Gasteiger partial charge >= 0.3 is 0 Å². The third-order valence-corrected chi connectivity index (χ3v) is 3.87. The molecule has 1 aliphatic heterocycles.